The van der Waals surface area contributed by atoms with Gasteiger partial charge >= 0.3 is 0 Å². The van der Waals surface area contributed by atoms with Crippen LogP contribution in [0, 0.1) is 13.8 Å². The van der Waals surface area contributed by atoms with Crippen LogP contribution in [-0.2, 0) is 0 Å². The van der Waals surface area contributed by atoms with Crippen molar-refractivity contribution in [2.24, 2.45) is 0 Å². The molecule has 1 aliphatic rings. The Bertz CT molecular complexity index is 719. The number of carbonyl (C=O) groups excluding carboxylic acids is 1. The van der Waals surface area contributed by atoms with Crippen molar-refractivity contribution in [2.45, 2.75) is 32.5 Å². The van der Waals surface area contributed by atoms with Crippen molar-refractivity contribution in [3.63, 3.8) is 0 Å². The molecule has 1 saturated heterocycles. The molecule has 2 aromatic rings. The van der Waals surface area contributed by atoms with E-state index in [0.717, 1.165) is 0 Å². The molecule has 6 nitrogen and oxygen atoms in total. The lowest BCUT2D eigenvalue weighted by molar-refractivity contribution is 0.0784. The Kier molecular flexibility index (Phi) is 4.51. The van der Waals surface area contributed by atoms with Gasteiger partial charge in [0.2, 0.25) is 0 Å². The number of carbonyl (C=O) groups is 1. The molecule has 1 fully saturated rings. The summed E-state index contributed by atoms with van der Waals surface area (Å²) in [4.78, 5) is 16.1. The van der Waals surface area contributed by atoms with E-state index in [2.05, 4.69) is 10.2 Å². The van der Waals surface area contributed by atoms with Crippen LogP contribution in [-0.4, -0.2) is 53.4 Å². The van der Waals surface area contributed by atoms with Crippen molar-refractivity contribution in [1.29, 1.82) is 0 Å². The van der Waals surface area contributed by atoms with Crippen LogP contribution >= 0.6 is 0 Å². The molecule has 7 heteroatoms. The molecule has 0 saturated carbocycles. The zero-order valence-electron chi connectivity index (χ0n) is 14.1. The van der Waals surface area contributed by atoms with Gasteiger partial charge in [-0.2, -0.15) is 5.10 Å². The summed E-state index contributed by atoms with van der Waals surface area (Å²) in [5, 5.41) is 7.92. The van der Waals surface area contributed by atoms with Crippen LogP contribution in [0.2, 0.25) is 0 Å². The van der Waals surface area contributed by atoms with E-state index in [9.17, 15) is 9.18 Å². The lowest BCUT2D eigenvalue weighted by Crippen LogP contribution is -2.41. The van der Waals surface area contributed by atoms with E-state index >= 15 is 0 Å². The molecular formula is C17H21FN4O2. The van der Waals surface area contributed by atoms with Crippen molar-refractivity contribution in [1.82, 2.24) is 15.1 Å². The van der Waals surface area contributed by atoms with E-state index in [-0.39, 0.29) is 18.5 Å². The molecule has 3 heterocycles. The lowest BCUT2D eigenvalue weighted by Gasteiger charge is -2.28. The Morgan fingerprint density at radius 1 is 1.50 bits per heavy atom. The average Bonchev–Trinajstić information content (AvgIpc) is 3.09. The number of halogens is 1. The van der Waals surface area contributed by atoms with Crippen LogP contribution in [0.5, 0.6) is 0 Å². The first-order valence-electron chi connectivity index (χ1n) is 7.96. The molecule has 0 spiro atoms. The van der Waals surface area contributed by atoms with Crippen LogP contribution in [0.4, 0.5) is 10.2 Å². The highest BCUT2D eigenvalue weighted by molar-refractivity contribution is 5.95. The molecule has 0 aliphatic carbocycles. The summed E-state index contributed by atoms with van der Waals surface area (Å²) in [5.41, 5.74) is 0.552. The van der Waals surface area contributed by atoms with E-state index in [4.69, 9.17) is 4.42 Å². The van der Waals surface area contributed by atoms with E-state index < -0.39 is 6.17 Å². The minimum Gasteiger partial charge on any atom is -0.466 e. The van der Waals surface area contributed by atoms with Gasteiger partial charge in [0.25, 0.3) is 5.91 Å². The summed E-state index contributed by atoms with van der Waals surface area (Å²) in [6, 6.07) is 5.20. The first-order chi connectivity index (χ1) is 11.5. The number of rotatable bonds is 4. The first kappa shape index (κ1) is 16.4. The van der Waals surface area contributed by atoms with E-state index in [1.54, 1.807) is 37.2 Å². The molecular weight excluding hydrogens is 311 g/mol. The van der Waals surface area contributed by atoms with Crippen molar-refractivity contribution < 1.29 is 13.6 Å². The van der Waals surface area contributed by atoms with Crippen LogP contribution in [0.1, 0.15) is 28.3 Å². The molecule has 2 atom stereocenters. The van der Waals surface area contributed by atoms with Crippen LogP contribution in [0.25, 0.3) is 0 Å². The topological polar surface area (TPSA) is 62.5 Å². The number of nitrogens with zero attached hydrogens (tertiary/aromatic N) is 4. The van der Waals surface area contributed by atoms with Crippen LogP contribution < -0.4 is 4.90 Å². The maximum absolute atomic E-state index is 13.9. The molecule has 128 valence electrons. The highest BCUT2D eigenvalue weighted by atomic mass is 19.1. The van der Waals surface area contributed by atoms with Gasteiger partial charge in [-0.25, -0.2) is 4.39 Å². The fraction of sp³-hybridized carbons (Fsp3) is 0.471. The Labute approximate surface area is 140 Å². The van der Waals surface area contributed by atoms with Gasteiger partial charge < -0.3 is 14.2 Å². The van der Waals surface area contributed by atoms with Crippen molar-refractivity contribution in [3.05, 3.63) is 41.5 Å². The highest BCUT2D eigenvalue weighted by Crippen LogP contribution is 2.26. The number of hydrogen-bond donors (Lipinski definition) is 0. The maximum atomic E-state index is 13.9. The van der Waals surface area contributed by atoms with Gasteiger partial charge in [0, 0.05) is 26.2 Å². The second-order valence-corrected chi connectivity index (χ2v) is 6.23. The van der Waals surface area contributed by atoms with Crippen LogP contribution in [0.15, 0.2) is 28.8 Å². The normalized spacial score (nSPS) is 20.4. The van der Waals surface area contributed by atoms with E-state index in [1.165, 1.54) is 0 Å². The molecule has 0 bridgehead atoms. The summed E-state index contributed by atoms with van der Waals surface area (Å²) in [5.74, 6) is 1.82. The van der Waals surface area contributed by atoms with Crippen molar-refractivity contribution in [2.75, 3.05) is 25.0 Å². The maximum Gasteiger partial charge on any atom is 0.257 e. The molecule has 24 heavy (non-hydrogen) atoms. The third-order valence-corrected chi connectivity index (χ3v) is 4.32. The Balaban J connectivity index is 1.74. The van der Waals surface area contributed by atoms with Crippen molar-refractivity contribution >= 4 is 11.7 Å². The third-order valence-electron chi connectivity index (χ3n) is 4.32. The van der Waals surface area contributed by atoms with Crippen molar-refractivity contribution in [3.8, 4) is 0 Å². The molecule has 0 N–H and O–H groups in total. The summed E-state index contributed by atoms with van der Waals surface area (Å²) in [7, 11) is 1.73. The van der Waals surface area contributed by atoms with Gasteiger partial charge in [-0.3, -0.25) is 4.79 Å². The highest BCUT2D eigenvalue weighted by Gasteiger charge is 2.35. The number of anilines is 1. The van der Waals surface area contributed by atoms with Gasteiger partial charge in [-0.05, 0) is 32.0 Å². The molecule has 0 unspecified atom stereocenters. The standard InChI is InChI=1S/C17H21FN4O2/c1-11-7-15(12(2)24-11)17(23)21(3)10-14-8-13(18)9-22(14)16-5-4-6-19-20-16/h4-7,13-14H,8-10H2,1-3H3/t13-,14-/m0/s1. The first-order valence-corrected chi connectivity index (χ1v) is 7.96. The molecule has 2 aromatic heterocycles. The smallest absolute Gasteiger partial charge is 0.257 e. The second kappa shape index (κ2) is 6.59. The molecule has 0 radical (unpaired) electrons. The zero-order chi connectivity index (χ0) is 17.3. The lowest BCUT2D eigenvalue weighted by atomic mass is 10.1. The monoisotopic (exact) mass is 332 g/mol. The molecule has 3 rings (SSSR count). The number of likely N-dealkylation sites (N-methyl/N-ethyl adjacent to an activating group) is 1. The third kappa shape index (κ3) is 3.25. The number of amides is 1. The number of aryl methyl sites for hydroxylation is 2. The van der Waals surface area contributed by atoms with E-state index in [1.807, 2.05) is 17.9 Å². The summed E-state index contributed by atoms with van der Waals surface area (Å²) >= 11 is 0. The Morgan fingerprint density at radius 3 is 2.92 bits per heavy atom. The summed E-state index contributed by atoms with van der Waals surface area (Å²) in [6.45, 7) is 4.27. The Hall–Kier alpha value is -2.44. The number of alkyl halides is 1. The SMILES string of the molecule is Cc1cc(C(=O)N(C)C[C@@H]2C[C@H](F)CN2c2cccnn2)c(C)o1. The van der Waals surface area contributed by atoms with Gasteiger partial charge in [0.15, 0.2) is 5.82 Å². The van der Waals surface area contributed by atoms with Gasteiger partial charge in [0.1, 0.15) is 17.7 Å². The minimum absolute atomic E-state index is 0.120. The fourth-order valence-electron chi connectivity index (χ4n) is 3.21. The van der Waals surface area contributed by atoms with Gasteiger partial charge in [0.05, 0.1) is 18.2 Å². The average molecular weight is 332 g/mol. The predicted octanol–water partition coefficient (Wildman–Crippen LogP) is 2.38. The number of furan rings is 1. The summed E-state index contributed by atoms with van der Waals surface area (Å²) < 4.78 is 19.4. The van der Waals surface area contributed by atoms with Gasteiger partial charge in [-0.1, -0.05) is 0 Å². The number of hydrogen-bond acceptors (Lipinski definition) is 5. The largest absolute Gasteiger partial charge is 0.466 e. The molecule has 0 aromatic carbocycles. The minimum atomic E-state index is -0.932. The summed E-state index contributed by atoms with van der Waals surface area (Å²) in [6.07, 6.45) is 1.03. The second-order valence-electron chi connectivity index (χ2n) is 6.23. The van der Waals surface area contributed by atoms with Crippen LogP contribution in [0.3, 0.4) is 0 Å². The quantitative estimate of drug-likeness (QED) is 0.860. The molecule has 1 amide bonds. The van der Waals surface area contributed by atoms with E-state index in [0.29, 0.717) is 35.9 Å². The molecule has 1 aliphatic heterocycles. The Morgan fingerprint density at radius 2 is 2.29 bits per heavy atom. The fourth-order valence-corrected chi connectivity index (χ4v) is 3.21. The predicted molar refractivity (Wildman–Crippen MR) is 87.8 cm³/mol. The van der Waals surface area contributed by atoms with Gasteiger partial charge in [-0.15, -0.1) is 5.10 Å². The zero-order valence-corrected chi connectivity index (χ0v) is 14.1. The number of aromatic nitrogens is 2.